The van der Waals surface area contributed by atoms with E-state index in [1.807, 2.05) is 12.1 Å². The van der Waals surface area contributed by atoms with Gasteiger partial charge in [-0.05, 0) is 60.8 Å². The van der Waals surface area contributed by atoms with Gasteiger partial charge in [0.2, 0.25) is 0 Å². The average Bonchev–Trinajstić information content (AvgIpc) is 2.65. The molecule has 0 heterocycles. The third kappa shape index (κ3) is 6.26. The molecular formula is C22H31FN2. The van der Waals surface area contributed by atoms with Gasteiger partial charge in [0, 0.05) is 13.1 Å². The predicted molar refractivity (Wildman–Crippen MR) is 106 cm³/mol. The molecule has 1 unspecified atom stereocenters. The van der Waals surface area contributed by atoms with E-state index in [4.69, 9.17) is 0 Å². The minimum Gasteiger partial charge on any atom is -0.315 e. The van der Waals surface area contributed by atoms with Crippen molar-refractivity contribution in [3.05, 3.63) is 59.9 Å². The van der Waals surface area contributed by atoms with Gasteiger partial charge in [0.25, 0.3) is 0 Å². The summed E-state index contributed by atoms with van der Waals surface area (Å²) in [6, 6.07) is 15.3. The van der Waals surface area contributed by atoms with Crippen LogP contribution in [-0.2, 0) is 0 Å². The molecule has 0 saturated heterocycles. The topological polar surface area (TPSA) is 15.3 Å². The molecular weight excluding hydrogens is 311 g/mol. The third-order valence-electron chi connectivity index (χ3n) is 4.91. The first kappa shape index (κ1) is 19.6. The van der Waals surface area contributed by atoms with Crippen LogP contribution in [0.4, 0.5) is 4.39 Å². The van der Waals surface area contributed by atoms with Crippen LogP contribution in [0.2, 0.25) is 0 Å². The molecule has 2 aromatic rings. The van der Waals surface area contributed by atoms with Crippen molar-refractivity contribution in [2.45, 2.75) is 33.1 Å². The fourth-order valence-electron chi connectivity index (χ4n) is 3.03. The first-order valence-corrected chi connectivity index (χ1v) is 9.43. The number of nitrogens with zero attached hydrogens (tertiary/aromatic N) is 1. The van der Waals surface area contributed by atoms with Crippen molar-refractivity contribution in [2.75, 3.05) is 32.7 Å². The Morgan fingerprint density at radius 2 is 1.44 bits per heavy atom. The van der Waals surface area contributed by atoms with E-state index in [1.54, 1.807) is 0 Å². The largest absolute Gasteiger partial charge is 0.315 e. The smallest absolute Gasteiger partial charge is 0.123 e. The maximum Gasteiger partial charge on any atom is 0.123 e. The van der Waals surface area contributed by atoms with E-state index in [2.05, 4.69) is 55.3 Å². The Hall–Kier alpha value is -1.71. The quantitative estimate of drug-likeness (QED) is 0.617. The number of hydrogen-bond acceptors (Lipinski definition) is 2. The van der Waals surface area contributed by atoms with Gasteiger partial charge in [-0.3, -0.25) is 0 Å². The van der Waals surface area contributed by atoms with E-state index in [1.165, 1.54) is 17.7 Å². The van der Waals surface area contributed by atoms with Gasteiger partial charge in [0.1, 0.15) is 5.82 Å². The van der Waals surface area contributed by atoms with Gasteiger partial charge in [-0.1, -0.05) is 57.2 Å². The summed E-state index contributed by atoms with van der Waals surface area (Å²) in [5.41, 5.74) is 3.54. The molecule has 2 aromatic carbocycles. The number of rotatable bonds is 10. The molecule has 0 bridgehead atoms. The van der Waals surface area contributed by atoms with Gasteiger partial charge in [-0.2, -0.15) is 0 Å². The van der Waals surface area contributed by atoms with E-state index in [-0.39, 0.29) is 5.82 Å². The molecule has 136 valence electrons. The van der Waals surface area contributed by atoms with Crippen molar-refractivity contribution < 1.29 is 4.39 Å². The molecule has 0 spiro atoms. The molecule has 2 rings (SSSR count). The van der Waals surface area contributed by atoms with Crippen molar-refractivity contribution in [3.8, 4) is 11.1 Å². The maximum atomic E-state index is 13.0. The van der Waals surface area contributed by atoms with Crippen LogP contribution in [0.1, 0.15) is 38.7 Å². The summed E-state index contributed by atoms with van der Waals surface area (Å²) in [5.74, 6) is 0.339. The van der Waals surface area contributed by atoms with Crippen LogP contribution in [0.5, 0.6) is 0 Å². The molecule has 0 fully saturated rings. The lowest BCUT2D eigenvalue weighted by Gasteiger charge is -2.18. The van der Waals surface area contributed by atoms with Crippen LogP contribution in [0.25, 0.3) is 11.1 Å². The van der Waals surface area contributed by atoms with Crippen LogP contribution < -0.4 is 5.32 Å². The molecule has 3 heteroatoms. The normalized spacial score (nSPS) is 12.5. The lowest BCUT2D eigenvalue weighted by molar-refractivity contribution is 0.302. The summed E-state index contributed by atoms with van der Waals surface area (Å²) in [7, 11) is 0. The Kier molecular flexibility index (Phi) is 8.10. The van der Waals surface area contributed by atoms with E-state index in [0.717, 1.165) is 50.3 Å². The Morgan fingerprint density at radius 1 is 0.880 bits per heavy atom. The highest BCUT2D eigenvalue weighted by atomic mass is 19.1. The van der Waals surface area contributed by atoms with Crippen LogP contribution >= 0.6 is 0 Å². The Labute approximate surface area is 152 Å². The zero-order valence-electron chi connectivity index (χ0n) is 15.8. The molecule has 2 nitrogen and oxygen atoms in total. The molecule has 0 radical (unpaired) electrons. The predicted octanol–water partition coefficient (Wildman–Crippen LogP) is 4.92. The van der Waals surface area contributed by atoms with E-state index in [9.17, 15) is 4.39 Å². The molecule has 0 aliphatic carbocycles. The summed E-state index contributed by atoms with van der Waals surface area (Å²) in [4.78, 5) is 2.44. The van der Waals surface area contributed by atoms with Crippen LogP contribution in [0.15, 0.2) is 48.5 Å². The highest BCUT2D eigenvalue weighted by molar-refractivity contribution is 5.63. The standard InChI is InChI=1S/C22H31FN2/c1-4-25(5-2)17-16-24-15-14-18(3)19-6-8-20(9-7-19)21-10-12-22(23)13-11-21/h6-13,18,24H,4-5,14-17H2,1-3H3. The average molecular weight is 343 g/mol. The molecule has 0 saturated carbocycles. The van der Waals surface area contributed by atoms with Crippen molar-refractivity contribution in [1.82, 2.24) is 10.2 Å². The maximum absolute atomic E-state index is 13.0. The van der Waals surface area contributed by atoms with Crippen molar-refractivity contribution >= 4 is 0 Å². The fraction of sp³-hybridized carbons (Fsp3) is 0.455. The molecule has 0 aliphatic rings. The number of likely N-dealkylation sites (N-methyl/N-ethyl adjacent to an activating group) is 1. The van der Waals surface area contributed by atoms with E-state index in [0.29, 0.717) is 5.92 Å². The summed E-state index contributed by atoms with van der Waals surface area (Å²) in [6.07, 6.45) is 1.13. The second-order valence-corrected chi connectivity index (χ2v) is 6.60. The summed E-state index contributed by atoms with van der Waals surface area (Å²) in [5, 5.41) is 3.55. The van der Waals surface area contributed by atoms with Gasteiger partial charge in [0.15, 0.2) is 0 Å². The summed E-state index contributed by atoms with van der Waals surface area (Å²) in [6.45, 7) is 12.2. The first-order valence-electron chi connectivity index (χ1n) is 9.43. The molecule has 0 aliphatic heterocycles. The SMILES string of the molecule is CCN(CC)CCNCCC(C)c1ccc(-c2ccc(F)cc2)cc1. The van der Waals surface area contributed by atoms with Crippen LogP contribution in [0.3, 0.4) is 0 Å². The van der Waals surface area contributed by atoms with Crippen molar-refractivity contribution in [2.24, 2.45) is 0 Å². The second kappa shape index (κ2) is 10.3. The number of halogens is 1. The Bertz CT molecular complexity index is 603. The molecule has 0 aromatic heterocycles. The van der Waals surface area contributed by atoms with E-state index >= 15 is 0 Å². The van der Waals surface area contributed by atoms with Gasteiger partial charge in [-0.15, -0.1) is 0 Å². The summed E-state index contributed by atoms with van der Waals surface area (Å²) < 4.78 is 13.0. The lowest BCUT2D eigenvalue weighted by Crippen LogP contribution is -2.32. The fourth-order valence-corrected chi connectivity index (χ4v) is 3.03. The zero-order chi connectivity index (χ0) is 18.1. The number of nitrogens with one attached hydrogen (secondary N) is 1. The van der Waals surface area contributed by atoms with Gasteiger partial charge in [-0.25, -0.2) is 4.39 Å². The van der Waals surface area contributed by atoms with Gasteiger partial charge in [0.05, 0.1) is 0 Å². The monoisotopic (exact) mass is 342 g/mol. The number of hydrogen-bond donors (Lipinski definition) is 1. The molecule has 1 N–H and O–H groups in total. The van der Waals surface area contributed by atoms with Crippen LogP contribution in [0, 0.1) is 5.82 Å². The minimum absolute atomic E-state index is 0.192. The van der Waals surface area contributed by atoms with Gasteiger partial charge >= 0.3 is 0 Å². The van der Waals surface area contributed by atoms with E-state index < -0.39 is 0 Å². The minimum atomic E-state index is -0.192. The highest BCUT2D eigenvalue weighted by Gasteiger charge is 2.06. The first-order chi connectivity index (χ1) is 12.1. The van der Waals surface area contributed by atoms with Crippen molar-refractivity contribution in [3.63, 3.8) is 0 Å². The Balaban J connectivity index is 1.78. The number of benzene rings is 2. The molecule has 0 amide bonds. The molecule has 1 atom stereocenters. The highest BCUT2D eigenvalue weighted by Crippen LogP contribution is 2.24. The van der Waals surface area contributed by atoms with Gasteiger partial charge < -0.3 is 10.2 Å². The summed E-state index contributed by atoms with van der Waals surface area (Å²) >= 11 is 0. The molecule has 25 heavy (non-hydrogen) atoms. The third-order valence-corrected chi connectivity index (χ3v) is 4.91. The van der Waals surface area contributed by atoms with Crippen molar-refractivity contribution in [1.29, 1.82) is 0 Å². The second-order valence-electron chi connectivity index (χ2n) is 6.60. The lowest BCUT2D eigenvalue weighted by atomic mass is 9.95. The Morgan fingerprint density at radius 3 is 2.00 bits per heavy atom. The zero-order valence-corrected chi connectivity index (χ0v) is 15.8. The van der Waals surface area contributed by atoms with Crippen LogP contribution in [-0.4, -0.2) is 37.6 Å².